The highest BCUT2D eigenvalue weighted by Gasteiger charge is 2.56. The van der Waals surface area contributed by atoms with E-state index in [1.807, 2.05) is 0 Å². The topological polar surface area (TPSA) is 57.5 Å². The lowest BCUT2D eigenvalue weighted by molar-refractivity contribution is -0.135. The third-order valence-corrected chi connectivity index (χ3v) is 5.81. The highest BCUT2D eigenvalue weighted by molar-refractivity contribution is 5.88. The van der Waals surface area contributed by atoms with Gasteiger partial charge in [0.15, 0.2) is 0 Å². The molecule has 3 nitrogen and oxygen atoms in total. The van der Waals surface area contributed by atoms with Crippen LogP contribution in [-0.2, 0) is 4.79 Å². The minimum atomic E-state index is -0.320. The average molecular weight is 252 g/mol. The van der Waals surface area contributed by atoms with E-state index in [4.69, 9.17) is 0 Å². The van der Waals surface area contributed by atoms with Gasteiger partial charge in [0.25, 0.3) is 0 Å². The van der Waals surface area contributed by atoms with Crippen LogP contribution in [0.4, 0.5) is 0 Å². The zero-order chi connectivity index (χ0) is 12.8. The number of hydrogen-bond acceptors (Lipinski definition) is 3. The minimum Gasteiger partial charge on any atom is -0.396 e. The van der Waals surface area contributed by atoms with Gasteiger partial charge in [0.1, 0.15) is 5.78 Å². The number of aliphatic hydroxyl groups is 2. The lowest BCUT2D eigenvalue weighted by Gasteiger charge is -2.34. The van der Waals surface area contributed by atoms with Gasteiger partial charge in [0, 0.05) is 17.9 Å². The van der Waals surface area contributed by atoms with Crippen molar-refractivity contribution < 1.29 is 15.0 Å². The van der Waals surface area contributed by atoms with Crippen molar-refractivity contribution in [2.75, 3.05) is 6.61 Å². The second-order valence-corrected chi connectivity index (χ2v) is 6.70. The van der Waals surface area contributed by atoms with Gasteiger partial charge in [-0.2, -0.15) is 0 Å². The molecule has 3 fully saturated rings. The lowest BCUT2D eigenvalue weighted by atomic mass is 9.69. The summed E-state index contributed by atoms with van der Waals surface area (Å²) in [5.74, 6) is 0.916. The first-order chi connectivity index (χ1) is 8.67. The van der Waals surface area contributed by atoms with E-state index in [-0.39, 0.29) is 35.9 Å². The van der Waals surface area contributed by atoms with E-state index in [2.05, 4.69) is 0 Å². The van der Waals surface area contributed by atoms with E-state index in [1.54, 1.807) is 0 Å². The number of Topliss-reactive ketones (excluding diaryl/α,β-unsaturated/α-hetero) is 1. The Morgan fingerprint density at radius 2 is 2.00 bits per heavy atom. The molecule has 0 heterocycles. The van der Waals surface area contributed by atoms with Crippen LogP contribution in [0.5, 0.6) is 0 Å². The van der Waals surface area contributed by atoms with Crippen LogP contribution in [0.15, 0.2) is 0 Å². The second-order valence-electron chi connectivity index (χ2n) is 6.70. The predicted octanol–water partition coefficient (Wildman–Crippen LogP) is 1.91. The third kappa shape index (κ3) is 1.75. The molecular weight excluding hydrogens is 228 g/mol. The maximum absolute atomic E-state index is 12.9. The van der Waals surface area contributed by atoms with Gasteiger partial charge < -0.3 is 10.2 Å². The van der Waals surface area contributed by atoms with E-state index in [0.29, 0.717) is 5.78 Å². The summed E-state index contributed by atoms with van der Waals surface area (Å²) in [4.78, 5) is 12.9. The van der Waals surface area contributed by atoms with Crippen molar-refractivity contribution in [2.24, 2.45) is 23.2 Å². The molecule has 1 unspecified atom stereocenters. The molecule has 102 valence electrons. The molecule has 2 bridgehead atoms. The predicted molar refractivity (Wildman–Crippen MR) is 67.9 cm³/mol. The van der Waals surface area contributed by atoms with Gasteiger partial charge in [-0.15, -0.1) is 0 Å². The van der Waals surface area contributed by atoms with Gasteiger partial charge in [-0.25, -0.2) is 0 Å². The number of hydrogen-bond donors (Lipinski definition) is 2. The molecule has 0 aliphatic heterocycles. The van der Waals surface area contributed by atoms with Crippen molar-refractivity contribution in [3.05, 3.63) is 0 Å². The van der Waals surface area contributed by atoms with Crippen molar-refractivity contribution in [1.82, 2.24) is 0 Å². The first kappa shape index (κ1) is 12.6. The first-order valence-corrected chi connectivity index (χ1v) is 7.50. The van der Waals surface area contributed by atoms with E-state index < -0.39 is 0 Å². The second kappa shape index (κ2) is 4.61. The molecule has 1 spiro atoms. The zero-order valence-corrected chi connectivity index (χ0v) is 11.0. The number of ketones is 1. The summed E-state index contributed by atoms with van der Waals surface area (Å²) < 4.78 is 0. The molecule has 0 amide bonds. The molecule has 5 atom stereocenters. The Morgan fingerprint density at radius 1 is 1.17 bits per heavy atom. The molecule has 18 heavy (non-hydrogen) atoms. The average Bonchev–Trinajstić information content (AvgIpc) is 2.53. The maximum Gasteiger partial charge on any atom is 0.142 e. The largest absolute Gasteiger partial charge is 0.396 e. The Labute approximate surface area is 109 Å². The van der Waals surface area contributed by atoms with Crippen LogP contribution in [0.1, 0.15) is 51.4 Å². The molecule has 2 N–H and O–H groups in total. The van der Waals surface area contributed by atoms with Gasteiger partial charge in [-0.1, -0.05) is 12.8 Å². The molecule has 0 radical (unpaired) electrons. The van der Waals surface area contributed by atoms with Crippen LogP contribution in [-0.4, -0.2) is 28.7 Å². The lowest BCUT2D eigenvalue weighted by Crippen LogP contribution is -2.38. The number of carbonyl (C=O) groups excluding carboxylic acids is 1. The van der Waals surface area contributed by atoms with Crippen molar-refractivity contribution in [2.45, 2.75) is 57.5 Å². The zero-order valence-electron chi connectivity index (χ0n) is 11.0. The number of aliphatic hydroxyl groups excluding tert-OH is 2. The molecule has 3 heteroatoms. The maximum atomic E-state index is 12.9. The summed E-state index contributed by atoms with van der Waals surface area (Å²) in [6, 6.07) is 0. The van der Waals surface area contributed by atoms with Crippen LogP contribution in [0, 0.1) is 23.2 Å². The summed E-state index contributed by atoms with van der Waals surface area (Å²) in [5, 5.41) is 19.7. The van der Waals surface area contributed by atoms with Crippen molar-refractivity contribution in [1.29, 1.82) is 0 Å². The van der Waals surface area contributed by atoms with Crippen LogP contribution in [0.3, 0.4) is 0 Å². The first-order valence-electron chi connectivity index (χ1n) is 7.50. The number of fused-ring (bicyclic) bond motifs is 1. The van der Waals surface area contributed by atoms with Gasteiger partial charge in [-0.3, -0.25) is 4.79 Å². The fourth-order valence-corrected chi connectivity index (χ4v) is 4.88. The Hall–Kier alpha value is -0.410. The fourth-order valence-electron chi connectivity index (χ4n) is 4.88. The molecule has 3 aliphatic carbocycles. The Kier molecular flexibility index (Phi) is 3.23. The van der Waals surface area contributed by atoms with Gasteiger partial charge in [0.05, 0.1) is 6.10 Å². The summed E-state index contributed by atoms with van der Waals surface area (Å²) >= 11 is 0. The summed E-state index contributed by atoms with van der Waals surface area (Å²) in [7, 11) is 0. The fraction of sp³-hybridized carbons (Fsp3) is 0.933. The summed E-state index contributed by atoms with van der Waals surface area (Å²) in [6.07, 6.45) is 7.28. The summed E-state index contributed by atoms with van der Waals surface area (Å²) in [6.45, 7) is 0.170. The van der Waals surface area contributed by atoms with Crippen LogP contribution in [0.25, 0.3) is 0 Å². The monoisotopic (exact) mass is 252 g/mol. The quantitative estimate of drug-likeness (QED) is 0.749. The van der Waals surface area contributed by atoms with Crippen LogP contribution in [0.2, 0.25) is 0 Å². The molecular formula is C15H24O3. The third-order valence-electron chi connectivity index (χ3n) is 5.81. The number of rotatable bonds is 1. The van der Waals surface area contributed by atoms with E-state index in [9.17, 15) is 15.0 Å². The molecule has 3 saturated carbocycles. The van der Waals surface area contributed by atoms with Gasteiger partial charge in [0.2, 0.25) is 0 Å². The minimum absolute atomic E-state index is 0.116. The Bertz CT molecular complexity index is 341. The normalized spacial score (nSPS) is 48.4. The molecule has 0 aromatic rings. The van der Waals surface area contributed by atoms with E-state index in [1.165, 1.54) is 0 Å². The van der Waals surface area contributed by atoms with Crippen molar-refractivity contribution in [3.8, 4) is 0 Å². The Balaban J connectivity index is 1.99. The van der Waals surface area contributed by atoms with E-state index in [0.717, 1.165) is 51.4 Å². The smallest absolute Gasteiger partial charge is 0.142 e. The number of carbonyl (C=O) groups is 1. The standard InChI is InChI=1S/C15H24O3/c16-9-10-7-11-3-1-2-5-15(14(11)18)6-4-13(17)12(15)8-10/h10-13,16-17H,1-9H2/t10-,11+,12+,13-,15?/m0/s1. The van der Waals surface area contributed by atoms with Gasteiger partial charge >= 0.3 is 0 Å². The van der Waals surface area contributed by atoms with Gasteiger partial charge in [-0.05, 0) is 50.4 Å². The Morgan fingerprint density at radius 3 is 2.78 bits per heavy atom. The molecule has 3 rings (SSSR count). The highest BCUT2D eigenvalue weighted by atomic mass is 16.3. The van der Waals surface area contributed by atoms with Crippen molar-refractivity contribution in [3.63, 3.8) is 0 Å². The van der Waals surface area contributed by atoms with Crippen LogP contribution >= 0.6 is 0 Å². The molecule has 3 aliphatic rings. The molecule has 0 aromatic carbocycles. The highest BCUT2D eigenvalue weighted by Crippen LogP contribution is 2.56. The van der Waals surface area contributed by atoms with E-state index >= 15 is 0 Å². The molecule has 0 saturated heterocycles. The van der Waals surface area contributed by atoms with Crippen LogP contribution < -0.4 is 0 Å². The summed E-state index contributed by atoms with van der Waals surface area (Å²) in [5.41, 5.74) is -0.232. The van der Waals surface area contributed by atoms with Crippen molar-refractivity contribution >= 4 is 5.78 Å². The SMILES string of the molecule is O=C1[C@@H]2CCCCC13CC[C@H](O)[C@H]3C[C@@H](CO)C2. The molecule has 0 aromatic heterocycles.